The van der Waals surface area contributed by atoms with Crippen LogP contribution in [-0.4, -0.2) is 18.4 Å². The molecule has 0 heterocycles. The van der Waals surface area contributed by atoms with E-state index in [4.69, 9.17) is 4.74 Å². The van der Waals surface area contributed by atoms with Crippen LogP contribution in [0.5, 0.6) is 5.75 Å². The fraction of sp³-hybridized carbons (Fsp3) is 0.143. The summed E-state index contributed by atoms with van der Waals surface area (Å²) in [6.07, 6.45) is 0.770. The summed E-state index contributed by atoms with van der Waals surface area (Å²) in [5, 5.41) is 12.6. The molecular formula is C28H26O3P+. The third-order valence-corrected chi connectivity index (χ3v) is 7.41. The molecule has 1 atom stereocenters. The smallest absolute Gasteiger partial charge is 0.380 e. The van der Waals surface area contributed by atoms with Crippen LogP contribution in [0, 0.1) is 0 Å². The first-order valence-corrected chi connectivity index (χ1v) is 12.0. The molecule has 1 N–H and O–H groups in total. The van der Waals surface area contributed by atoms with Gasteiger partial charge in [-0.25, -0.2) is 0 Å². The summed E-state index contributed by atoms with van der Waals surface area (Å²) in [5.74, 6) is 0.809. The van der Waals surface area contributed by atoms with E-state index in [1.165, 1.54) is 0 Å². The lowest BCUT2D eigenvalue weighted by molar-refractivity contribution is 0.106. The van der Waals surface area contributed by atoms with Gasteiger partial charge in [-0.2, -0.15) is 0 Å². The molecule has 0 aliphatic rings. The highest BCUT2D eigenvalue weighted by molar-refractivity contribution is 7.53. The van der Waals surface area contributed by atoms with Gasteiger partial charge in [0.1, 0.15) is 5.75 Å². The van der Waals surface area contributed by atoms with Gasteiger partial charge in [0.05, 0.1) is 7.11 Å². The van der Waals surface area contributed by atoms with Gasteiger partial charge in [0.25, 0.3) is 0 Å². The van der Waals surface area contributed by atoms with Gasteiger partial charge in [-0.1, -0.05) is 95.6 Å². The third-order valence-electron chi connectivity index (χ3n) is 5.69. The molecule has 1 unspecified atom stereocenters. The predicted octanol–water partition coefficient (Wildman–Crippen LogP) is 5.67. The fourth-order valence-electron chi connectivity index (χ4n) is 3.94. The van der Waals surface area contributed by atoms with E-state index in [9.17, 15) is 9.67 Å². The summed E-state index contributed by atoms with van der Waals surface area (Å²) in [5.41, 5.74) is 2.25. The first-order valence-electron chi connectivity index (χ1n) is 10.6. The van der Waals surface area contributed by atoms with E-state index in [2.05, 4.69) is 0 Å². The lowest BCUT2D eigenvalue weighted by Crippen LogP contribution is -2.31. The quantitative estimate of drug-likeness (QED) is 0.358. The van der Waals surface area contributed by atoms with Crippen molar-refractivity contribution in [2.24, 2.45) is 0 Å². The molecule has 32 heavy (non-hydrogen) atoms. The van der Waals surface area contributed by atoms with Crippen LogP contribution in [0.4, 0.5) is 0 Å². The molecule has 0 aromatic heterocycles. The molecule has 0 saturated heterocycles. The second-order valence-corrected chi connectivity index (χ2v) is 9.34. The van der Waals surface area contributed by atoms with Crippen LogP contribution in [0.25, 0.3) is 0 Å². The maximum Gasteiger partial charge on any atom is 0.380 e. The maximum absolute atomic E-state index is 13.7. The van der Waals surface area contributed by atoms with Gasteiger partial charge in [-0.05, 0) is 34.9 Å². The first kappa shape index (κ1) is 22.0. The van der Waals surface area contributed by atoms with E-state index in [1.807, 2.05) is 109 Å². The molecule has 0 aliphatic carbocycles. The Morgan fingerprint density at radius 2 is 1.28 bits per heavy atom. The van der Waals surface area contributed by atoms with Gasteiger partial charge in [0.15, 0.2) is 17.1 Å². The molecule has 0 amide bonds. The highest BCUT2D eigenvalue weighted by atomic mass is 31.1. The number of hydrogen-bond acceptors (Lipinski definition) is 3. The van der Waals surface area contributed by atoms with Crippen LogP contribution in [0.2, 0.25) is 0 Å². The maximum atomic E-state index is 13.7. The number of methoxy groups -OCH3 is 1. The van der Waals surface area contributed by atoms with Crippen molar-refractivity contribution in [3.63, 3.8) is 0 Å². The van der Waals surface area contributed by atoms with Crippen LogP contribution in [0.3, 0.4) is 0 Å². The minimum Gasteiger partial charge on any atom is -0.497 e. The van der Waals surface area contributed by atoms with E-state index in [0.717, 1.165) is 33.3 Å². The Morgan fingerprint density at radius 3 is 1.84 bits per heavy atom. The zero-order chi connectivity index (χ0) is 22.4. The molecular weight excluding hydrogens is 415 g/mol. The molecule has 4 rings (SSSR count). The molecule has 160 valence electrons. The molecule has 4 heteroatoms. The lowest BCUT2D eigenvalue weighted by Gasteiger charge is -2.25. The van der Waals surface area contributed by atoms with Gasteiger partial charge in [-0.3, -0.25) is 0 Å². The van der Waals surface area contributed by atoms with E-state index < -0.39 is 13.4 Å². The molecule has 0 radical (unpaired) electrons. The van der Waals surface area contributed by atoms with Crippen LogP contribution in [-0.2, 0) is 16.6 Å². The molecule has 3 nitrogen and oxygen atoms in total. The highest BCUT2D eigenvalue weighted by Crippen LogP contribution is 2.38. The standard InChI is InChI=1S/C28H26O3P/c1-31-26-18-16-22(17-19-26)20-23-10-8-9-15-27(23)32(30)21-28(29,24-11-4-2-5-12-24)25-13-6-3-7-14-25/h2-19,29H,20-21H2,1H3/q+1. The van der Waals surface area contributed by atoms with Crippen molar-refractivity contribution in [2.45, 2.75) is 12.0 Å². The SMILES string of the molecule is COc1ccc(Cc2ccccc2[P+](=O)CC(O)(c2ccccc2)c2ccccc2)cc1. The van der Waals surface area contributed by atoms with Gasteiger partial charge in [0, 0.05) is 12.0 Å². The summed E-state index contributed by atoms with van der Waals surface area (Å²) in [6, 6.07) is 34.7. The van der Waals surface area contributed by atoms with Crippen molar-refractivity contribution in [3.8, 4) is 5.75 Å². The summed E-state index contributed by atoms with van der Waals surface area (Å²) in [7, 11) is -0.214. The predicted molar refractivity (Wildman–Crippen MR) is 130 cm³/mol. The second-order valence-electron chi connectivity index (χ2n) is 7.78. The zero-order valence-electron chi connectivity index (χ0n) is 18.0. The molecule has 0 saturated carbocycles. The van der Waals surface area contributed by atoms with Crippen LogP contribution in [0.1, 0.15) is 22.3 Å². The van der Waals surface area contributed by atoms with Gasteiger partial charge in [-0.15, -0.1) is 0 Å². The summed E-state index contributed by atoms with van der Waals surface area (Å²) < 4.78 is 18.9. The number of rotatable bonds is 8. The van der Waals surface area contributed by atoms with Crippen molar-refractivity contribution in [1.82, 2.24) is 0 Å². The Bertz CT molecular complexity index is 1130. The average molecular weight is 441 g/mol. The first-order chi connectivity index (χ1) is 15.6. The van der Waals surface area contributed by atoms with Crippen molar-refractivity contribution in [3.05, 3.63) is 131 Å². The van der Waals surface area contributed by atoms with Gasteiger partial charge in [0.2, 0.25) is 0 Å². The number of aliphatic hydroxyl groups is 1. The van der Waals surface area contributed by atoms with Crippen molar-refractivity contribution >= 4 is 13.1 Å². The van der Waals surface area contributed by atoms with E-state index in [0.29, 0.717) is 6.42 Å². The Labute approximate surface area is 190 Å². The third kappa shape index (κ3) is 4.80. The van der Waals surface area contributed by atoms with Crippen LogP contribution >= 0.6 is 7.80 Å². The molecule has 0 bridgehead atoms. The Balaban J connectivity index is 1.66. The molecule has 0 spiro atoms. The minimum absolute atomic E-state index is 0.107. The zero-order valence-corrected chi connectivity index (χ0v) is 18.9. The fourth-order valence-corrected chi connectivity index (χ4v) is 5.61. The van der Waals surface area contributed by atoms with E-state index in [-0.39, 0.29) is 6.16 Å². The van der Waals surface area contributed by atoms with E-state index in [1.54, 1.807) is 7.11 Å². The second kappa shape index (κ2) is 9.91. The number of benzene rings is 4. The normalized spacial score (nSPS) is 11.8. The van der Waals surface area contributed by atoms with Crippen LogP contribution < -0.4 is 10.0 Å². The monoisotopic (exact) mass is 441 g/mol. The Hall–Kier alpha value is -3.26. The summed E-state index contributed by atoms with van der Waals surface area (Å²) >= 11 is 0. The largest absolute Gasteiger partial charge is 0.497 e. The molecule has 0 fully saturated rings. The van der Waals surface area contributed by atoms with Crippen molar-refractivity contribution in [1.29, 1.82) is 0 Å². The number of ether oxygens (including phenoxy) is 1. The average Bonchev–Trinajstić information content (AvgIpc) is 2.86. The minimum atomic E-state index is -1.86. The van der Waals surface area contributed by atoms with Crippen molar-refractivity contribution in [2.75, 3.05) is 13.3 Å². The highest BCUT2D eigenvalue weighted by Gasteiger charge is 2.41. The molecule has 4 aromatic carbocycles. The van der Waals surface area contributed by atoms with E-state index >= 15 is 0 Å². The molecule has 0 aliphatic heterocycles. The number of hydrogen-bond donors (Lipinski definition) is 1. The molecule has 4 aromatic rings. The lowest BCUT2D eigenvalue weighted by atomic mass is 9.88. The van der Waals surface area contributed by atoms with Crippen LogP contribution in [0.15, 0.2) is 109 Å². The Morgan fingerprint density at radius 1 is 0.750 bits per heavy atom. The topological polar surface area (TPSA) is 46.5 Å². The van der Waals surface area contributed by atoms with Gasteiger partial charge < -0.3 is 9.84 Å². The summed E-state index contributed by atoms with van der Waals surface area (Å²) in [4.78, 5) is 0. The Kier molecular flexibility index (Phi) is 6.80. The van der Waals surface area contributed by atoms with Crippen molar-refractivity contribution < 1.29 is 14.4 Å². The summed E-state index contributed by atoms with van der Waals surface area (Å²) in [6.45, 7) is 0. The van der Waals surface area contributed by atoms with Gasteiger partial charge >= 0.3 is 7.80 Å².